The van der Waals surface area contributed by atoms with Gasteiger partial charge in [-0.3, -0.25) is 4.79 Å². The summed E-state index contributed by atoms with van der Waals surface area (Å²) in [5, 5.41) is 6.43. The van der Waals surface area contributed by atoms with Crippen LogP contribution in [0.5, 0.6) is 0 Å². The minimum absolute atomic E-state index is 0.248. The summed E-state index contributed by atoms with van der Waals surface area (Å²) in [6, 6.07) is 0. The molecule has 3 aliphatic carbocycles. The number of rotatable bonds is 5. The third-order valence-corrected chi connectivity index (χ3v) is 4.84. The van der Waals surface area contributed by atoms with E-state index in [2.05, 4.69) is 15.3 Å². The Balaban J connectivity index is 1.42. The van der Waals surface area contributed by atoms with Crippen LogP contribution in [-0.4, -0.2) is 19.0 Å². The van der Waals surface area contributed by atoms with Gasteiger partial charge in [-0.15, -0.1) is 0 Å². The Bertz CT molecular complexity index is 361. The van der Waals surface area contributed by atoms with E-state index in [9.17, 15) is 4.79 Å². The van der Waals surface area contributed by atoms with Crippen LogP contribution in [-0.2, 0) is 4.79 Å². The van der Waals surface area contributed by atoms with Crippen LogP contribution in [0.15, 0.2) is 5.11 Å². The molecule has 92 valence electrons. The maximum absolute atomic E-state index is 12.0. The summed E-state index contributed by atoms with van der Waals surface area (Å²) in [4.78, 5) is 14.6. The van der Waals surface area contributed by atoms with Crippen molar-refractivity contribution < 1.29 is 4.79 Å². The Morgan fingerprint density at radius 3 is 2.71 bits per heavy atom. The quantitative estimate of drug-likeness (QED) is 0.336. The van der Waals surface area contributed by atoms with Crippen molar-refractivity contribution in [2.75, 3.05) is 13.1 Å². The predicted octanol–water partition coefficient (Wildman–Crippen LogP) is 2.10. The molecule has 0 aromatic carbocycles. The lowest BCUT2D eigenvalue weighted by molar-refractivity contribution is -0.123. The highest BCUT2D eigenvalue weighted by Crippen LogP contribution is 2.69. The van der Waals surface area contributed by atoms with Crippen molar-refractivity contribution >= 4 is 5.91 Å². The molecule has 3 saturated carbocycles. The number of carbonyl (C=O) groups is 1. The molecule has 0 radical (unpaired) electrons. The second kappa shape index (κ2) is 4.22. The zero-order valence-corrected chi connectivity index (χ0v) is 9.88. The number of azide groups is 1. The molecule has 17 heavy (non-hydrogen) atoms. The number of fused-ring (bicyclic) bond motifs is 5. The van der Waals surface area contributed by atoms with Gasteiger partial charge >= 0.3 is 0 Å². The number of hydrogen-bond acceptors (Lipinski definition) is 2. The molecule has 3 aliphatic rings. The summed E-state index contributed by atoms with van der Waals surface area (Å²) in [6.45, 7) is 1.11. The maximum atomic E-state index is 12.0. The van der Waals surface area contributed by atoms with Crippen molar-refractivity contribution in [1.82, 2.24) is 5.32 Å². The monoisotopic (exact) mass is 234 g/mol. The average molecular weight is 234 g/mol. The normalized spacial score (nSPS) is 40.6. The zero-order valence-electron chi connectivity index (χ0n) is 9.88. The van der Waals surface area contributed by atoms with Crippen molar-refractivity contribution in [1.29, 1.82) is 0 Å². The molecule has 0 heterocycles. The van der Waals surface area contributed by atoms with E-state index in [-0.39, 0.29) is 5.91 Å². The molecule has 0 aliphatic heterocycles. The number of nitrogens with one attached hydrogen (secondary N) is 1. The fourth-order valence-corrected chi connectivity index (χ4v) is 4.20. The minimum atomic E-state index is 0.248. The van der Waals surface area contributed by atoms with E-state index in [1.165, 1.54) is 19.3 Å². The van der Waals surface area contributed by atoms with Gasteiger partial charge < -0.3 is 5.32 Å². The second-order valence-corrected chi connectivity index (χ2v) is 5.61. The fraction of sp³-hybridized carbons (Fsp3) is 0.917. The summed E-state index contributed by atoms with van der Waals surface area (Å²) < 4.78 is 0. The first-order chi connectivity index (χ1) is 8.33. The molecule has 0 spiro atoms. The average Bonchev–Trinajstić information content (AvgIpc) is 2.78. The van der Waals surface area contributed by atoms with Gasteiger partial charge in [-0.1, -0.05) is 5.11 Å². The summed E-state index contributed by atoms with van der Waals surface area (Å²) in [5.74, 6) is 3.70. The first-order valence-electron chi connectivity index (χ1n) is 6.61. The van der Waals surface area contributed by atoms with Crippen molar-refractivity contribution in [3.8, 4) is 0 Å². The van der Waals surface area contributed by atoms with E-state index >= 15 is 0 Å². The third kappa shape index (κ3) is 1.78. The number of amides is 1. The van der Waals surface area contributed by atoms with Crippen LogP contribution in [0.1, 0.15) is 25.7 Å². The van der Waals surface area contributed by atoms with Crippen LogP contribution in [0, 0.1) is 29.6 Å². The lowest BCUT2D eigenvalue weighted by atomic mass is 10.0. The van der Waals surface area contributed by atoms with Crippen molar-refractivity contribution in [3.63, 3.8) is 0 Å². The van der Waals surface area contributed by atoms with Gasteiger partial charge in [0.15, 0.2) is 0 Å². The first-order valence-corrected chi connectivity index (χ1v) is 6.61. The van der Waals surface area contributed by atoms with Crippen LogP contribution in [0.3, 0.4) is 0 Å². The van der Waals surface area contributed by atoms with Crippen LogP contribution in [0.2, 0.25) is 0 Å². The molecule has 4 atom stereocenters. The van der Waals surface area contributed by atoms with Gasteiger partial charge in [-0.2, -0.15) is 0 Å². The Morgan fingerprint density at radius 1 is 1.35 bits per heavy atom. The van der Waals surface area contributed by atoms with Gasteiger partial charge in [0.1, 0.15) is 0 Å². The molecular weight excluding hydrogens is 216 g/mol. The molecule has 4 unspecified atom stereocenters. The summed E-state index contributed by atoms with van der Waals surface area (Å²) in [7, 11) is 0. The third-order valence-electron chi connectivity index (χ3n) is 4.84. The van der Waals surface area contributed by atoms with Gasteiger partial charge in [0.25, 0.3) is 0 Å². The largest absolute Gasteiger partial charge is 0.356 e. The smallest absolute Gasteiger partial charge is 0.223 e. The van der Waals surface area contributed by atoms with Crippen molar-refractivity contribution in [3.05, 3.63) is 10.4 Å². The number of hydrogen-bond donors (Lipinski definition) is 1. The Morgan fingerprint density at radius 2 is 2.06 bits per heavy atom. The minimum Gasteiger partial charge on any atom is -0.356 e. The fourth-order valence-electron chi connectivity index (χ4n) is 4.20. The van der Waals surface area contributed by atoms with Gasteiger partial charge in [0.05, 0.1) is 0 Å². The summed E-state index contributed by atoms with van der Waals surface area (Å²) >= 11 is 0. The molecule has 0 saturated heterocycles. The van der Waals surface area contributed by atoms with E-state index < -0.39 is 0 Å². The topological polar surface area (TPSA) is 77.9 Å². The Labute approximate surface area is 101 Å². The molecule has 2 bridgehead atoms. The van der Waals surface area contributed by atoms with Crippen LogP contribution in [0.25, 0.3) is 10.4 Å². The molecule has 1 N–H and O–H groups in total. The van der Waals surface area contributed by atoms with E-state index in [0.29, 0.717) is 30.8 Å². The lowest BCUT2D eigenvalue weighted by Gasteiger charge is -2.08. The SMILES string of the molecule is [N-]=[N+]=NCCCNC(=O)C1C2C3CCC(C3)C12. The highest BCUT2D eigenvalue weighted by Gasteiger charge is 2.67. The van der Waals surface area contributed by atoms with Gasteiger partial charge in [-0.05, 0) is 54.9 Å². The van der Waals surface area contributed by atoms with E-state index in [0.717, 1.165) is 18.3 Å². The molecule has 3 fully saturated rings. The molecule has 3 rings (SSSR count). The number of carbonyl (C=O) groups excluding carboxylic acids is 1. The van der Waals surface area contributed by atoms with E-state index in [1.54, 1.807) is 0 Å². The lowest BCUT2D eigenvalue weighted by Crippen LogP contribution is -2.28. The highest BCUT2D eigenvalue weighted by molar-refractivity contribution is 5.82. The summed E-state index contributed by atoms with van der Waals surface area (Å²) in [6.07, 6.45) is 4.83. The summed E-state index contributed by atoms with van der Waals surface area (Å²) in [5.41, 5.74) is 8.12. The van der Waals surface area contributed by atoms with E-state index in [4.69, 9.17) is 5.53 Å². The Kier molecular flexibility index (Phi) is 2.71. The molecule has 1 amide bonds. The first kappa shape index (κ1) is 10.9. The zero-order chi connectivity index (χ0) is 11.8. The van der Waals surface area contributed by atoms with Gasteiger partial charge in [0, 0.05) is 23.9 Å². The van der Waals surface area contributed by atoms with Gasteiger partial charge in [0.2, 0.25) is 5.91 Å². The molecule has 5 nitrogen and oxygen atoms in total. The highest BCUT2D eigenvalue weighted by atomic mass is 16.2. The molecular formula is C12H18N4O. The maximum Gasteiger partial charge on any atom is 0.223 e. The second-order valence-electron chi connectivity index (χ2n) is 5.61. The standard InChI is InChI=1S/C12H18N4O/c13-16-15-5-1-4-14-12(17)11-9-7-2-3-8(6-7)10(9)11/h7-11H,1-6H2,(H,14,17). The van der Waals surface area contributed by atoms with Gasteiger partial charge in [-0.25, -0.2) is 0 Å². The predicted molar refractivity (Wildman–Crippen MR) is 62.9 cm³/mol. The Hall–Kier alpha value is -1.22. The molecule has 5 heteroatoms. The van der Waals surface area contributed by atoms with E-state index in [1.807, 2.05) is 0 Å². The van der Waals surface area contributed by atoms with Crippen LogP contribution >= 0.6 is 0 Å². The van der Waals surface area contributed by atoms with Crippen LogP contribution < -0.4 is 5.32 Å². The van der Waals surface area contributed by atoms with Crippen molar-refractivity contribution in [2.45, 2.75) is 25.7 Å². The number of nitrogens with zero attached hydrogens (tertiary/aromatic N) is 3. The molecule has 0 aromatic rings. The molecule has 0 aromatic heterocycles. The van der Waals surface area contributed by atoms with Crippen LogP contribution in [0.4, 0.5) is 0 Å². The van der Waals surface area contributed by atoms with Crippen molar-refractivity contribution in [2.24, 2.45) is 34.7 Å².